The van der Waals surface area contributed by atoms with Gasteiger partial charge in [0.25, 0.3) is 5.91 Å². The molecule has 0 aliphatic carbocycles. The Morgan fingerprint density at radius 3 is 2.60 bits per heavy atom. The zero-order chi connectivity index (χ0) is 17.9. The van der Waals surface area contributed by atoms with Crippen molar-refractivity contribution in [2.24, 2.45) is 5.10 Å². The fourth-order valence-electron chi connectivity index (χ4n) is 2.74. The summed E-state index contributed by atoms with van der Waals surface area (Å²) >= 11 is 0. The van der Waals surface area contributed by atoms with Gasteiger partial charge in [-0.05, 0) is 31.2 Å². The van der Waals surface area contributed by atoms with Crippen molar-refractivity contribution < 1.29 is 14.6 Å². The minimum atomic E-state index is -1.50. The molecule has 1 aliphatic heterocycles. The van der Waals surface area contributed by atoms with Gasteiger partial charge in [-0.25, -0.2) is 0 Å². The predicted molar refractivity (Wildman–Crippen MR) is 91.6 cm³/mol. The van der Waals surface area contributed by atoms with E-state index in [4.69, 9.17) is 10.00 Å². The van der Waals surface area contributed by atoms with Crippen molar-refractivity contribution in [1.29, 1.82) is 5.26 Å². The van der Waals surface area contributed by atoms with E-state index in [9.17, 15) is 9.90 Å². The van der Waals surface area contributed by atoms with Gasteiger partial charge in [0.1, 0.15) is 5.75 Å². The highest BCUT2D eigenvalue weighted by molar-refractivity contribution is 5.89. The van der Waals surface area contributed by atoms with Crippen molar-refractivity contribution in [3.8, 4) is 11.8 Å². The maximum atomic E-state index is 12.6. The molecule has 0 unspecified atom stereocenters. The van der Waals surface area contributed by atoms with Gasteiger partial charge in [-0.2, -0.15) is 15.4 Å². The Morgan fingerprint density at radius 2 is 1.96 bits per heavy atom. The average molecular weight is 335 g/mol. The Balaban J connectivity index is 1.74. The third-order valence-electron chi connectivity index (χ3n) is 3.94. The molecule has 1 heterocycles. The van der Waals surface area contributed by atoms with E-state index >= 15 is 0 Å². The van der Waals surface area contributed by atoms with Gasteiger partial charge in [-0.15, -0.1) is 0 Å². The molecule has 0 saturated carbocycles. The van der Waals surface area contributed by atoms with Crippen LogP contribution in [0.4, 0.5) is 0 Å². The second-order valence-electron chi connectivity index (χ2n) is 5.83. The topological polar surface area (TPSA) is 85.9 Å². The minimum Gasteiger partial charge on any atom is -0.484 e. The Morgan fingerprint density at radius 1 is 1.28 bits per heavy atom. The van der Waals surface area contributed by atoms with Crippen LogP contribution < -0.4 is 4.74 Å². The van der Waals surface area contributed by atoms with Gasteiger partial charge in [-0.1, -0.05) is 30.3 Å². The molecule has 1 atom stereocenters. The number of ether oxygens (including phenoxy) is 1. The smallest absolute Gasteiger partial charge is 0.283 e. The summed E-state index contributed by atoms with van der Waals surface area (Å²) in [7, 11) is 0. The van der Waals surface area contributed by atoms with Crippen molar-refractivity contribution in [2.75, 3.05) is 6.61 Å². The van der Waals surface area contributed by atoms with Gasteiger partial charge in [0.15, 0.2) is 12.3 Å². The number of nitrogens with zero attached hydrogens (tertiary/aromatic N) is 3. The summed E-state index contributed by atoms with van der Waals surface area (Å²) in [5.74, 6) is 0.0167. The lowest BCUT2D eigenvalue weighted by molar-refractivity contribution is -0.159. The van der Waals surface area contributed by atoms with Crippen LogP contribution in [0.15, 0.2) is 59.7 Å². The number of amides is 1. The van der Waals surface area contributed by atoms with Crippen LogP contribution in [0.25, 0.3) is 0 Å². The molecular formula is C19H17N3O3. The third-order valence-corrected chi connectivity index (χ3v) is 3.94. The number of rotatable bonds is 4. The molecule has 0 saturated heterocycles. The largest absolute Gasteiger partial charge is 0.484 e. The molecule has 0 bridgehead atoms. The fourth-order valence-corrected chi connectivity index (χ4v) is 2.74. The molecule has 6 nitrogen and oxygen atoms in total. The highest BCUT2D eigenvalue weighted by Gasteiger charge is 2.44. The Hall–Kier alpha value is -3.17. The second kappa shape index (κ2) is 6.75. The van der Waals surface area contributed by atoms with Crippen LogP contribution in [0.2, 0.25) is 0 Å². The molecule has 1 aliphatic rings. The van der Waals surface area contributed by atoms with E-state index in [1.165, 1.54) is 0 Å². The predicted octanol–water partition coefficient (Wildman–Crippen LogP) is 2.39. The number of carbonyl (C=O) groups excluding carboxylic acids is 1. The zero-order valence-electron chi connectivity index (χ0n) is 13.7. The minimum absolute atomic E-state index is 0.250. The van der Waals surface area contributed by atoms with E-state index in [1.807, 2.05) is 12.1 Å². The highest BCUT2D eigenvalue weighted by atomic mass is 16.5. The zero-order valence-corrected chi connectivity index (χ0v) is 13.7. The monoisotopic (exact) mass is 335 g/mol. The third kappa shape index (κ3) is 3.37. The summed E-state index contributed by atoms with van der Waals surface area (Å²) in [5.41, 5.74) is 0.272. The summed E-state index contributed by atoms with van der Waals surface area (Å²) in [6.07, 6.45) is 0.250. The Bertz CT molecular complexity index is 840. The molecule has 0 radical (unpaired) electrons. The van der Waals surface area contributed by atoms with Gasteiger partial charge < -0.3 is 9.84 Å². The van der Waals surface area contributed by atoms with Crippen molar-refractivity contribution >= 4 is 11.6 Å². The first kappa shape index (κ1) is 16.7. The second-order valence-corrected chi connectivity index (χ2v) is 5.83. The Kier molecular flexibility index (Phi) is 4.50. The van der Waals surface area contributed by atoms with Crippen LogP contribution in [0.3, 0.4) is 0 Å². The maximum absolute atomic E-state index is 12.6. The molecule has 0 spiro atoms. The molecule has 0 aromatic heterocycles. The average Bonchev–Trinajstić information content (AvgIpc) is 2.96. The molecule has 1 N–H and O–H groups in total. The number of aliphatic hydroxyl groups is 1. The lowest BCUT2D eigenvalue weighted by Gasteiger charge is -2.31. The summed E-state index contributed by atoms with van der Waals surface area (Å²) in [6.45, 7) is 1.50. The summed E-state index contributed by atoms with van der Waals surface area (Å²) in [6, 6.07) is 17.4. The summed E-state index contributed by atoms with van der Waals surface area (Å²) in [5, 5.41) is 25.1. The first-order chi connectivity index (χ1) is 12.0. The molecule has 6 heteroatoms. The number of hydrogen-bond acceptors (Lipinski definition) is 5. The fraction of sp³-hybridized carbons (Fsp3) is 0.211. The SMILES string of the molecule is CC1=NN(C(=O)COc2ccc(C#N)cc2)[C@](O)(c2ccccc2)C1. The van der Waals surface area contributed by atoms with Crippen molar-refractivity contribution in [3.63, 3.8) is 0 Å². The van der Waals surface area contributed by atoms with Crippen molar-refractivity contribution in [1.82, 2.24) is 5.01 Å². The van der Waals surface area contributed by atoms with E-state index < -0.39 is 11.6 Å². The number of hydrogen-bond donors (Lipinski definition) is 1. The molecule has 2 aromatic carbocycles. The van der Waals surface area contributed by atoms with E-state index in [2.05, 4.69) is 5.10 Å². The summed E-state index contributed by atoms with van der Waals surface area (Å²) in [4.78, 5) is 12.6. The first-order valence-electron chi connectivity index (χ1n) is 7.81. The van der Waals surface area contributed by atoms with Crippen molar-refractivity contribution in [3.05, 3.63) is 65.7 Å². The lowest BCUT2D eigenvalue weighted by atomic mass is 9.98. The lowest BCUT2D eigenvalue weighted by Crippen LogP contribution is -2.45. The van der Waals surface area contributed by atoms with Crippen LogP contribution in [0.1, 0.15) is 24.5 Å². The molecule has 0 fully saturated rings. The van der Waals surface area contributed by atoms with Gasteiger partial charge in [0, 0.05) is 17.7 Å². The molecule has 25 heavy (non-hydrogen) atoms. The first-order valence-corrected chi connectivity index (χ1v) is 7.81. The summed E-state index contributed by atoms with van der Waals surface area (Å²) < 4.78 is 5.46. The van der Waals surface area contributed by atoms with Crippen LogP contribution in [-0.2, 0) is 10.5 Å². The molecular weight excluding hydrogens is 318 g/mol. The van der Waals surface area contributed by atoms with Crippen LogP contribution in [-0.4, -0.2) is 28.3 Å². The van der Waals surface area contributed by atoms with E-state index in [-0.39, 0.29) is 13.0 Å². The van der Waals surface area contributed by atoms with Gasteiger partial charge >= 0.3 is 0 Å². The normalized spacial score (nSPS) is 19.2. The molecule has 3 rings (SSSR count). The van der Waals surface area contributed by atoms with Crippen LogP contribution >= 0.6 is 0 Å². The van der Waals surface area contributed by atoms with Gasteiger partial charge in [-0.3, -0.25) is 4.79 Å². The van der Waals surface area contributed by atoms with Crippen molar-refractivity contribution in [2.45, 2.75) is 19.1 Å². The quantitative estimate of drug-likeness (QED) is 0.929. The standard InChI is InChI=1S/C19H17N3O3/c1-14-11-19(24,16-5-3-2-4-6-16)22(21-14)18(23)13-25-17-9-7-15(12-20)8-10-17/h2-10,24H,11,13H2,1H3/t19-/m1/s1. The number of nitriles is 1. The number of benzene rings is 2. The van der Waals surface area contributed by atoms with E-state index in [0.29, 0.717) is 22.6 Å². The maximum Gasteiger partial charge on any atom is 0.283 e. The van der Waals surface area contributed by atoms with Crippen LogP contribution in [0, 0.1) is 11.3 Å². The number of carbonyl (C=O) groups is 1. The van der Waals surface area contributed by atoms with Crippen LogP contribution in [0.5, 0.6) is 5.75 Å². The molecule has 2 aromatic rings. The highest BCUT2D eigenvalue weighted by Crippen LogP contribution is 2.35. The Labute approximate surface area is 145 Å². The number of hydrazone groups is 1. The van der Waals surface area contributed by atoms with Gasteiger partial charge in [0.05, 0.1) is 11.6 Å². The van der Waals surface area contributed by atoms with Gasteiger partial charge in [0.2, 0.25) is 0 Å². The molecule has 126 valence electrons. The van der Waals surface area contributed by atoms with E-state index in [1.54, 1.807) is 55.5 Å². The van der Waals surface area contributed by atoms with E-state index in [0.717, 1.165) is 5.01 Å². The molecule has 1 amide bonds.